The van der Waals surface area contributed by atoms with Gasteiger partial charge < -0.3 is 15.2 Å². The first-order valence-electron chi connectivity index (χ1n) is 8.52. The summed E-state index contributed by atoms with van der Waals surface area (Å²) in [6.07, 6.45) is 3.90. The molecule has 1 amide bonds. The Morgan fingerprint density at radius 2 is 2.31 bits per heavy atom. The number of carbonyl (C=O) groups is 1. The van der Waals surface area contributed by atoms with Crippen molar-refractivity contribution < 1.29 is 14.6 Å². The van der Waals surface area contributed by atoms with Gasteiger partial charge in [-0.1, -0.05) is 30.0 Å². The summed E-state index contributed by atoms with van der Waals surface area (Å²) >= 11 is 1.31. The van der Waals surface area contributed by atoms with E-state index in [0.29, 0.717) is 29.6 Å². The maximum absolute atomic E-state index is 12.1. The number of phenols is 1. The standard InChI is InChI=1S/C18H22N4O3S/c1-2-9-22-17(14-7-3-4-8-15(14)23)20-21-18(22)26-12-16(24)19-11-13-6-5-10-25-13/h2-4,7-8,13,23H,1,5-6,9-12H2,(H,19,24)/t13-/m1/s1. The van der Waals surface area contributed by atoms with Crippen LogP contribution in [0.5, 0.6) is 5.75 Å². The molecule has 0 radical (unpaired) electrons. The van der Waals surface area contributed by atoms with Gasteiger partial charge in [-0.3, -0.25) is 9.36 Å². The number of benzene rings is 1. The van der Waals surface area contributed by atoms with Gasteiger partial charge in [-0.25, -0.2) is 0 Å². The van der Waals surface area contributed by atoms with Crippen LogP contribution in [0.3, 0.4) is 0 Å². The third-order valence-corrected chi connectivity index (χ3v) is 5.02. The molecular weight excluding hydrogens is 352 g/mol. The van der Waals surface area contributed by atoms with Crippen LogP contribution in [0.2, 0.25) is 0 Å². The van der Waals surface area contributed by atoms with Crippen molar-refractivity contribution in [1.82, 2.24) is 20.1 Å². The molecule has 2 N–H and O–H groups in total. The van der Waals surface area contributed by atoms with Crippen molar-refractivity contribution in [2.45, 2.75) is 30.6 Å². The van der Waals surface area contributed by atoms with E-state index in [9.17, 15) is 9.90 Å². The molecule has 1 fully saturated rings. The number of para-hydroxylation sites is 1. The Balaban J connectivity index is 1.65. The first kappa shape index (κ1) is 18.5. The number of hydrogen-bond donors (Lipinski definition) is 2. The number of thioether (sulfide) groups is 1. The number of amides is 1. The normalized spacial score (nSPS) is 16.5. The predicted octanol–water partition coefficient (Wildman–Crippen LogP) is 2.22. The van der Waals surface area contributed by atoms with Crippen molar-refractivity contribution in [2.24, 2.45) is 0 Å². The van der Waals surface area contributed by atoms with Crippen LogP contribution in [0.4, 0.5) is 0 Å². The Hall–Kier alpha value is -2.32. The summed E-state index contributed by atoms with van der Waals surface area (Å²) in [5, 5.41) is 21.9. The fraction of sp³-hybridized carbons (Fsp3) is 0.389. The SMILES string of the molecule is C=CCn1c(SCC(=O)NC[C@H]2CCCO2)nnc1-c1ccccc1O. The van der Waals surface area contributed by atoms with Gasteiger partial charge in [0.15, 0.2) is 11.0 Å². The second-order valence-corrected chi connectivity index (χ2v) is 6.89. The monoisotopic (exact) mass is 374 g/mol. The number of allylic oxidation sites excluding steroid dienone is 1. The van der Waals surface area contributed by atoms with Gasteiger partial charge in [0, 0.05) is 19.7 Å². The molecule has 1 aliphatic heterocycles. The van der Waals surface area contributed by atoms with Crippen LogP contribution in [-0.2, 0) is 16.1 Å². The molecule has 0 aliphatic carbocycles. The molecule has 1 aromatic carbocycles. The van der Waals surface area contributed by atoms with Crippen LogP contribution in [-0.4, -0.2) is 50.8 Å². The van der Waals surface area contributed by atoms with Crippen LogP contribution < -0.4 is 5.32 Å². The lowest BCUT2D eigenvalue weighted by atomic mass is 10.2. The quantitative estimate of drug-likeness (QED) is 0.544. The molecule has 8 heteroatoms. The van der Waals surface area contributed by atoms with E-state index in [1.807, 2.05) is 10.6 Å². The Bertz CT molecular complexity index is 772. The highest BCUT2D eigenvalue weighted by Crippen LogP contribution is 2.30. The van der Waals surface area contributed by atoms with Crippen LogP contribution in [0.1, 0.15) is 12.8 Å². The molecule has 1 saturated heterocycles. The number of carbonyl (C=O) groups excluding carboxylic acids is 1. The van der Waals surface area contributed by atoms with Gasteiger partial charge in [0.1, 0.15) is 5.75 Å². The minimum Gasteiger partial charge on any atom is -0.507 e. The van der Waals surface area contributed by atoms with E-state index in [-0.39, 0.29) is 23.5 Å². The maximum Gasteiger partial charge on any atom is 0.230 e. The number of aromatic hydroxyl groups is 1. The topological polar surface area (TPSA) is 89.3 Å². The molecule has 0 spiro atoms. The molecule has 3 rings (SSSR count). The number of nitrogens with zero attached hydrogens (tertiary/aromatic N) is 3. The molecule has 1 atom stereocenters. The maximum atomic E-state index is 12.1. The molecule has 1 aromatic heterocycles. The highest BCUT2D eigenvalue weighted by molar-refractivity contribution is 7.99. The van der Waals surface area contributed by atoms with E-state index >= 15 is 0 Å². The molecule has 0 saturated carbocycles. The van der Waals surface area contributed by atoms with E-state index in [1.165, 1.54) is 11.8 Å². The van der Waals surface area contributed by atoms with Gasteiger partial charge in [-0.05, 0) is 25.0 Å². The molecular formula is C18H22N4O3S. The zero-order valence-electron chi connectivity index (χ0n) is 14.4. The van der Waals surface area contributed by atoms with E-state index in [1.54, 1.807) is 24.3 Å². The smallest absolute Gasteiger partial charge is 0.230 e. The van der Waals surface area contributed by atoms with Crippen molar-refractivity contribution in [3.8, 4) is 17.1 Å². The van der Waals surface area contributed by atoms with Gasteiger partial charge in [-0.15, -0.1) is 16.8 Å². The largest absolute Gasteiger partial charge is 0.507 e. The third kappa shape index (κ3) is 4.44. The fourth-order valence-corrected chi connectivity index (χ4v) is 3.54. The number of hydrogen-bond acceptors (Lipinski definition) is 6. The zero-order valence-corrected chi connectivity index (χ0v) is 15.2. The van der Waals surface area contributed by atoms with Crippen LogP contribution in [0.15, 0.2) is 42.1 Å². The summed E-state index contributed by atoms with van der Waals surface area (Å²) in [6.45, 7) is 5.56. The van der Waals surface area contributed by atoms with Gasteiger partial charge >= 0.3 is 0 Å². The van der Waals surface area contributed by atoms with Gasteiger partial charge in [0.25, 0.3) is 0 Å². The van der Waals surface area contributed by atoms with E-state index < -0.39 is 0 Å². The van der Waals surface area contributed by atoms with E-state index in [4.69, 9.17) is 4.74 Å². The zero-order chi connectivity index (χ0) is 18.4. The Morgan fingerprint density at radius 3 is 3.04 bits per heavy atom. The molecule has 2 heterocycles. The van der Waals surface area contributed by atoms with Gasteiger partial charge in [-0.2, -0.15) is 0 Å². The second kappa shape index (κ2) is 8.86. The van der Waals surface area contributed by atoms with Crippen molar-refractivity contribution in [2.75, 3.05) is 18.9 Å². The molecule has 7 nitrogen and oxygen atoms in total. The minimum atomic E-state index is -0.0669. The lowest BCUT2D eigenvalue weighted by Crippen LogP contribution is -2.32. The molecule has 0 bridgehead atoms. The average molecular weight is 374 g/mol. The summed E-state index contributed by atoms with van der Waals surface area (Å²) in [7, 11) is 0. The lowest BCUT2D eigenvalue weighted by Gasteiger charge is -2.11. The summed E-state index contributed by atoms with van der Waals surface area (Å²) in [6, 6.07) is 6.96. The first-order valence-corrected chi connectivity index (χ1v) is 9.51. The summed E-state index contributed by atoms with van der Waals surface area (Å²) in [5.41, 5.74) is 0.594. The Kier molecular flexibility index (Phi) is 6.30. The van der Waals surface area contributed by atoms with Crippen molar-refractivity contribution in [3.05, 3.63) is 36.9 Å². The van der Waals surface area contributed by atoms with Gasteiger partial charge in [0.05, 0.1) is 17.4 Å². The average Bonchev–Trinajstić information content (AvgIpc) is 3.29. The van der Waals surface area contributed by atoms with E-state index in [0.717, 1.165) is 19.4 Å². The summed E-state index contributed by atoms with van der Waals surface area (Å²) in [4.78, 5) is 12.1. The number of aromatic nitrogens is 3. The van der Waals surface area contributed by atoms with Crippen LogP contribution in [0, 0.1) is 0 Å². The van der Waals surface area contributed by atoms with E-state index in [2.05, 4.69) is 22.1 Å². The lowest BCUT2D eigenvalue weighted by molar-refractivity contribution is -0.119. The summed E-state index contributed by atoms with van der Waals surface area (Å²) < 4.78 is 7.33. The fourth-order valence-electron chi connectivity index (χ4n) is 2.77. The molecule has 26 heavy (non-hydrogen) atoms. The van der Waals surface area contributed by atoms with Crippen molar-refractivity contribution in [3.63, 3.8) is 0 Å². The number of rotatable bonds is 8. The van der Waals surface area contributed by atoms with Crippen molar-refractivity contribution in [1.29, 1.82) is 0 Å². The van der Waals surface area contributed by atoms with Crippen LogP contribution in [0.25, 0.3) is 11.4 Å². The first-order chi connectivity index (χ1) is 12.7. The number of phenolic OH excluding ortho intramolecular Hbond substituents is 1. The highest BCUT2D eigenvalue weighted by atomic mass is 32.2. The summed E-state index contributed by atoms with van der Waals surface area (Å²) in [5.74, 6) is 0.854. The predicted molar refractivity (Wildman–Crippen MR) is 100 cm³/mol. The molecule has 0 unspecified atom stereocenters. The molecule has 1 aliphatic rings. The second-order valence-electron chi connectivity index (χ2n) is 5.95. The number of nitrogens with one attached hydrogen (secondary N) is 1. The molecule has 138 valence electrons. The number of ether oxygens (including phenoxy) is 1. The molecule has 2 aromatic rings. The Morgan fingerprint density at radius 1 is 1.46 bits per heavy atom. The highest BCUT2D eigenvalue weighted by Gasteiger charge is 2.18. The third-order valence-electron chi connectivity index (χ3n) is 4.06. The van der Waals surface area contributed by atoms with Crippen LogP contribution >= 0.6 is 11.8 Å². The Labute approximate surface area is 156 Å². The van der Waals surface area contributed by atoms with Crippen molar-refractivity contribution >= 4 is 17.7 Å². The van der Waals surface area contributed by atoms with Gasteiger partial charge in [0.2, 0.25) is 5.91 Å². The minimum absolute atomic E-state index is 0.0669.